The molecule has 7 nitrogen and oxygen atoms in total. The molecule has 0 bridgehead atoms. The van der Waals surface area contributed by atoms with Gasteiger partial charge in [-0.25, -0.2) is 19.5 Å². The van der Waals surface area contributed by atoms with E-state index in [0.717, 1.165) is 43.3 Å². The Morgan fingerprint density at radius 2 is 1.91 bits per heavy atom. The lowest BCUT2D eigenvalue weighted by molar-refractivity contribution is 0.268. The van der Waals surface area contributed by atoms with Gasteiger partial charge in [0.2, 0.25) is 5.82 Å². The summed E-state index contributed by atoms with van der Waals surface area (Å²) in [6.45, 7) is 10.8. The van der Waals surface area contributed by atoms with Crippen LogP contribution in [0.2, 0.25) is 0 Å². The molecular weight excluding hydrogens is 458 g/mol. The van der Waals surface area contributed by atoms with Gasteiger partial charge < -0.3 is 9.15 Å². The maximum absolute atomic E-state index is 6.13. The van der Waals surface area contributed by atoms with E-state index in [9.17, 15) is 0 Å². The molecule has 0 N–H and O–H groups in total. The van der Waals surface area contributed by atoms with E-state index in [1.54, 1.807) is 22.2 Å². The van der Waals surface area contributed by atoms with E-state index in [-0.39, 0.29) is 0 Å². The molecule has 0 fully saturated rings. The molecule has 1 aromatic carbocycles. The van der Waals surface area contributed by atoms with E-state index >= 15 is 0 Å². The molecule has 0 aliphatic rings. The van der Waals surface area contributed by atoms with Crippen molar-refractivity contribution in [3.05, 3.63) is 70.9 Å². The van der Waals surface area contributed by atoms with Crippen molar-refractivity contribution < 1.29 is 9.15 Å². The summed E-state index contributed by atoms with van der Waals surface area (Å²) in [5.74, 6) is 3.10. The molecule has 35 heavy (non-hydrogen) atoms. The van der Waals surface area contributed by atoms with Crippen LogP contribution < -0.4 is 4.74 Å². The average molecular weight is 484 g/mol. The van der Waals surface area contributed by atoms with Crippen LogP contribution in [-0.2, 0) is 6.61 Å². The number of hydrogen-bond acceptors (Lipinski definition) is 7. The minimum Gasteiger partial charge on any atom is -0.485 e. The SMILES string of the molecule is Cc1ccc(C(C)C)c(OCc2ccc(-c3nc4c5sc6nc(C)cc(C)c6c5ncn4n3)o2)c1. The zero-order valence-electron chi connectivity index (χ0n) is 20.3. The molecule has 0 aliphatic heterocycles. The minimum atomic E-state index is 0.336. The Bertz CT molecular complexity index is 1730. The van der Waals surface area contributed by atoms with Gasteiger partial charge in [-0.1, -0.05) is 26.0 Å². The highest BCUT2D eigenvalue weighted by molar-refractivity contribution is 7.26. The first-order chi connectivity index (χ1) is 16.9. The van der Waals surface area contributed by atoms with Crippen LogP contribution in [0, 0.1) is 20.8 Å². The van der Waals surface area contributed by atoms with Crippen LogP contribution in [0.25, 0.3) is 37.7 Å². The first kappa shape index (κ1) is 21.7. The summed E-state index contributed by atoms with van der Waals surface area (Å²) in [5.41, 5.74) is 6.18. The quantitative estimate of drug-likeness (QED) is 0.269. The summed E-state index contributed by atoms with van der Waals surface area (Å²) in [5, 5.41) is 5.70. The third-order valence-electron chi connectivity index (χ3n) is 6.14. The van der Waals surface area contributed by atoms with Crippen molar-refractivity contribution in [2.75, 3.05) is 0 Å². The molecule has 176 valence electrons. The number of nitrogens with zero attached hydrogens (tertiary/aromatic N) is 5. The van der Waals surface area contributed by atoms with Crippen molar-refractivity contribution in [2.24, 2.45) is 0 Å². The van der Waals surface area contributed by atoms with Crippen LogP contribution in [0.1, 0.15) is 47.9 Å². The molecule has 5 aromatic heterocycles. The first-order valence-electron chi connectivity index (χ1n) is 11.6. The summed E-state index contributed by atoms with van der Waals surface area (Å²) in [7, 11) is 0. The van der Waals surface area contributed by atoms with Crippen LogP contribution >= 0.6 is 11.3 Å². The Hall–Kier alpha value is -3.78. The Kier molecular flexibility index (Phi) is 5.07. The number of furan rings is 1. The Balaban J connectivity index is 1.33. The number of pyridine rings is 1. The van der Waals surface area contributed by atoms with E-state index in [1.165, 1.54) is 16.7 Å². The van der Waals surface area contributed by atoms with E-state index in [0.29, 0.717) is 24.1 Å². The second kappa shape index (κ2) is 8.16. The summed E-state index contributed by atoms with van der Waals surface area (Å²) >= 11 is 1.60. The fourth-order valence-electron chi connectivity index (χ4n) is 4.44. The molecule has 0 unspecified atom stereocenters. The number of ether oxygens (including phenoxy) is 1. The van der Waals surface area contributed by atoms with Gasteiger partial charge in [0.1, 0.15) is 34.0 Å². The van der Waals surface area contributed by atoms with Crippen molar-refractivity contribution in [3.8, 4) is 17.3 Å². The average Bonchev–Trinajstić information content (AvgIpc) is 3.53. The molecule has 8 heteroatoms. The molecule has 0 atom stereocenters. The monoisotopic (exact) mass is 483 g/mol. The lowest BCUT2D eigenvalue weighted by atomic mass is 10.0. The fourth-order valence-corrected chi connectivity index (χ4v) is 5.67. The van der Waals surface area contributed by atoms with Crippen LogP contribution in [0.5, 0.6) is 5.75 Å². The van der Waals surface area contributed by atoms with Crippen LogP contribution in [0.15, 0.2) is 47.1 Å². The van der Waals surface area contributed by atoms with Crippen molar-refractivity contribution in [2.45, 2.75) is 47.1 Å². The number of fused-ring (bicyclic) bond motifs is 5. The lowest BCUT2D eigenvalue weighted by Gasteiger charge is -2.14. The van der Waals surface area contributed by atoms with Crippen LogP contribution in [-0.4, -0.2) is 24.6 Å². The largest absolute Gasteiger partial charge is 0.485 e. The van der Waals surface area contributed by atoms with Gasteiger partial charge >= 0.3 is 0 Å². The normalized spacial score (nSPS) is 11.9. The van der Waals surface area contributed by atoms with Gasteiger partial charge in [-0.15, -0.1) is 16.4 Å². The molecule has 6 aromatic rings. The molecule has 0 saturated carbocycles. The smallest absolute Gasteiger partial charge is 0.218 e. The number of hydrogen-bond donors (Lipinski definition) is 0. The van der Waals surface area contributed by atoms with Crippen molar-refractivity contribution in [1.82, 2.24) is 24.6 Å². The molecule has 6 rings (SSSR count). The highest BCUT2D eigenvalue weighted by Crippen LogP contribution is 2.36. The summed E-state index contributed by atoms with van der Waals surface area (Å²) in [4.78, 5) is 15.1. The van der Waals surface area contributed by atoms with Gasteiger partial charge in [-0.05, 0) is 67.6 Å². The van der Waals surface area contributed by atoms with Gasteiger partial charge in [0, 0.05) is 11.1 Å². The molecular formula is C27H25N5O2S. The fraction of sp³-hybridized carbons (Fsp3) is 0.259. The Morgan fingerprint density at radius 1 is 1.06 bits per heavy atom. The second-order valence-corrected chi connectivity index (χ2v) is 10.2. The number of aryl methyl sites for hydroxylation is 3. The molecule has 0 amide bonds. The number of benzene rings is 1. The molecule has 0 saturated heterocycles. The van der Waals surface area contributed by atoms with Crippen molar-refractivity contribution in [3.63, 3.8) is 0 Å². The maximum Gasteiger partial charge on any atom is 0.218 e. The third kappa shape index (κ3) is 3.74. The zero-order chi connectivity index (χ0) is 24.3. The highest BCUT2D eigenvalue weighted by Gasteiger charge is 2.18. The van der Waals surface area contributed by atoms with Gasteiger partial charge in [0.05, 0.1) is 5.52 Å². The molecule has 0 aliphatic carbocycles. The predicted molar refractivity (Wildman–Crippen MR) is 138 cm³/mol. The third-order valence-corrected chi connectivity index (χ3v) is 7.20. The van der Waals surface area contributed by atoms with Gasteiger partial charge in [-0.2, -0.15) is 0 Å². The lowest BCUT2D eigenvalue weighted by Crippen LogP contribution is -1.99. The Morgan fingerprint density at radius 3 is 2.74 bits per heavy atom. The molecule has 0 spiro atoms. The first-order valence-corrected chi connectivity index (χ1v) is 12.4. The van der Waals surface area contributed by atoms with E-state index in [1.807, 2.05) is 19.1 Å². The van der Waals surface area contributed by atoms with E-state index < -0.39 is 0 Å². The highest BCUT2D eigenvalue weighted by atomic mass is 32.1. The standard InChI is InChI=1S/C27H25N5O2S/c1-14(2)19-8-6-15(3)10-21(19)33-12-18-7-9-20(34-18)25-30-26-24-23(28-13-32(26)31-25)22-16(4)11-17(5)29-27(22)35-24/h6-11,13-14H,12H2,1-5H3. The van der Waals surface area contributed by atoms with Gasteiger partial charge in [0.25, 0.3) is 0 Å². The Labute approximate surface area is 206 Å². The molecule has 0 radical (unpaired) electrons. The van der Waals surface area contributed by atoms with Gasteiger partial charge in [0.15, 0.2) is 11.4 Å². The summed E-state index contributed by atoms with van der Waals surface area (Å²) in [6, 6.07) is 12.2. The number of rotatable bonds is 5. The van der Waals surface area contributed by atoms with Gasteiger partial charge in [-0.3, -0.25) is 0 Å². The maximum atomic E-state index is 6.13. The second-order valence-electron chi connectivity index (χ2n) is 9.24. The summed E-state index contributed by atoms with van der Waals surface area (Å²) in [6.07, 6.45) is 1.71. The van der Waals surface area contributed by atoms with Crippen LogP contribution in [0.3, 0.4) is 0 Å². The minimum absolute atomic E-state index is 0.336. The zero-order valence-corrected chi connectivity index (χ0v) is 21.1. The molecule has 5 heterocycles. The number of thiophene rings is 1. The summed E-state index contributed by atoms with van der Waals surface area (Å²) < 4.78 is 14.9. The van der Waals surface area contributed by atoms with Crippen molar-refractivity contribution in [1.29, 1.82) is 0 Å². The number of aromatic nitrogens is 5. The predicted octanol–water partition coefficient (Wildman–Crippen LogP) is 6.77. The van der Waals surface area contributed by atoms with Crippen LogP contribution in [0.4, 0.5) is 0 Å². The van der Waals surface area contributed by atoms with E-state index in [2.05, 4.69) is 62.0 Å². The van der Waals surface area contributed by atoms with Crippen molar-refractivity contribution >= 4 is 37.4 Å². The topological polar surface area (TPSA) is 78.3 Å². The van der Waals surface area contributed by atoms with E-state index in [4.69, 9.17) is 19.1 Å².